The van der Waals surface area contributed by atoms with Gasteiger partial charge >= 0.3 is 0 Å². The third-order valence-electron chi connectivity index (χ3n) is 2.96. The molecule has 1 unspecified atom stereocenters. The molecule has 1 heterocycles. The van der Waals surface area contributed by atoms with Crippen molar-refractivity contribution in [2.75, 3.05) is 0 Å². The summed E-state index contributed by atoms with van der Waals surface area (Å²) >= 11 is 0. The molecule has 1 N–H and O–H groups in total. The van der Waals surface area contributed by atoms with Gasteiger partial charge in [0.25, 0.3) is 0 Å². The maximum Gasteiger partial charge on any atom is 0.220 e. The third-order valence-corrected chi connectivity index (χ3v) is 2.96. The zero-order valence-electron chi connectivity index (χ0n) is 9.32. The maximum atomic E-state index is 12.2. The Hall–Kier alpha value is -1.64. The van der Waals surface area contributed by atoms with Crippen LogP contribution in [0.1, 0.15) is 35.2 Å². The summed E-state index contributed by atoms with van der Waals surface area (Å²) in [6.45, 7) is 1.91. The molecule has 3 heteroatoms. The molecule has 0 bridgehead atoms. The van der Waals surface area contributed by atoms with Crippen LogP contribution in [-0.2, 0) is 4.79 Å². The van der Waals surface area contributed by atoms with Gasteiger partial charge in [0.15, 0.2) is 5.78 Å². The molecule has 16 heavy (non-hydrogen) atoms. The highest BCUT2D eigenvalue weighted by atomic mass is 16.2. The summed E-state index contributed by atoms with van der Waals surface area (Å²) < 4.78 is 0. The van der Waals surface area contributed by atoms with Crippen molar-refractivity contribution in [2.45, 2.75) is 32.2 Å². The topological polar surface area (TPSA) is 46.2 Å². The second-order valence-electron chi connectivity index (χ2n) is 4.19. The van der Waals surface area contributed by atoms with Crippen LogP contribution in [0.2, 0.25) is 0 Å². The lowest BCUT2D eigenvalue weighted by Crippen LogP contribution is -2.44. The predicted molar refractivity (Wildman–Crippen MR) is 61.3 cm³/mol. The SMILES string of the molecule is Cc1ccccc1C(=O)C1CCCC(=O)N1. The number of amides is 1. The molecule has 0 aliphatic carbocycles. The van der Waals surface area contributed by atoms with E-state index in [1.807, 2.05) is 31.2 Å². The second-order valence-corrected chi connectivity index (χ2v) is 4.19. The first-order valence-corrected chi connectivity index (χ1v) is 5.57. The van der Waals surface area contributed by atoms with Crippen molar-refractivity contribution in [3.8, 4) is 0 Å². The molecule has 2 rings (SSSR count). The first kappa shape index (κ1) is 10.9. The van der Waals surface area contributed by atoms with Gasteiger partial charge in [-0.2, -0.15) is 0 Å². The van der Waals surface area contributed by atoms with Gasteiger partial charge in [-0.05, 0) is 25.3 Å². The minimum absolute atomic E-state index is 0.0156. The molecule has 0 radical (unpaired) electrons. The molecular weight excluding hydrogens is 202 g/mol. The second kappa shape index (κ2) is 4.47. The van der Waals surface area contributed by atoms with Crippen LogP contribution in [0.15, 0.2) is 24.3 Å². The van der Waals surface area contributed by atoms with E-state index in [1.54, 1.807) is 0 Å². The lowest BCUT2D eigenvalue weighted by molar-refractivity contribution is -0.122. The number of Topliss-reactive ketones (excluding diaryl/α,β-unsaturated/α-hetero) is 1. The number of hydrogen-bond acceptors (Lipinski definition) is 2. The Labute approximate surface area is 94.9 Å². The summed E-state index contributed by atoms with van der Waals surface area (Å²) in [6, 6.07) is 7.16. The lowest BCUT2D eigenvalue weighted by Gasteiger charge is -2.22. The Balaban J connectivity index is 2.19. The molecule has 0 saturated carbocycles. The largest absolute Gasteiger partial charge is 0.346 e. The average molecular weight is 217 g/mol. The highest BCUT2D eigenvalue weighted by molar-refractivity contribution is 6.03. The summed E-state index contributed by atoms with van der Waals surface area (Å²) in [6.07, 6.45) is 2.09. The number of aryl methyl sites for hydroxylation is 1. The van der Waals surface area contributed by atoms with Crippen LogP contribution in [0, 0.1) is 6.92 Å². The standard InChI is InChI=1S/C13H15NO2/c1-9-5-2-3-6-10(9)13(16)11-7-4-8-12(15)14-11/h2-3,5-6,11H,4,7-8H2,1H3,(H,14,15). The van der Waals surface area contributed by atoms with Crippen molar-refractivity contribution in [3.63, 3.8) is 0 Å². The van der Waals surface area contributed by atoms with Gasteiger partial charge in [0.1, 0.15) is 0 Å². The molecule has 1 amide bonds. The number of piperidine rings is 1. The van der Waals surface area contributed by atoms with E-state index in [0.717, 1.165) is 24.0 Å². The van der Waals surface area contributed by atoms with Crippen LogP contribution in [0.5, 0.6) is 0 Å². The average Bonchev–Trinajstić information content (AvgIpc) is 2.29. The van der Waals surface area contributed by atoms with Crippen LogP contribution in [-0.4, -0.2) is 17.7 Å². The number of carbonyl (C=O) groups is 2. The summed E-state index contributed by atoms with van der Waals surface area (Å²) in [4.78, 5) is 23.4. The van der Waals surface area contributed by atoms with Crippen molar-refractivity contribution < 1.29 is 9.59 Å². The third kappa shape index (κ3) is 2.13. The number of benzene rings is 1. The molecule has 1 aliphatic rings. The summed E-state index contributed by atoms with van der Waals surface area (Å²) in [7, 11) is 0. The fourth-order valence-corrected chi connectivity index (χ4v) is 2.04. The zero-order chi connectivity index (χ0) is 11.5. The maximum absolute atomic E-state index is 12.2. The molecule has 0 aromatic heterocycles. The Morgan fingerprint density at radius 3 is 2.81 bits per heavy atom. The number of rotatable bonds is 2. The van der Waals surface area contributed by atoms with Gasteiger partial charge in [-0.1, -0.05) is 24.3 Å². The van der Waals surface area contributed by atoms with E-state index in [2.05, 4.69) is 5.32 Å². The molecule has 1 aromatic rings. The normalized spacial score (nSPS) is 20.3. The zero-order valence-corrected chi connectivity index (χ0v) is 9.32. The minimum atomic E-state index is -0.331. The number of hydrogen-bond donors (Lipinski definition) is 1. The van der Waals surface area contributed by atoms with E-state index >= 15 is 0 Å². The molecule has 1 aromatic carbocycles. The van der Waals surface area contributed by atoms with Crippen LogP contribution < -0.4 is 5.32 Å². The first-order valence-electron chi connectivity index (χ1n) is 5.57. The van der Waals surface area contributed by atoms with Crippen molar-refractivity contribution >= 4 is 11.7 Å². The van der Waals surface area contributed by atoms with E-state index in [4.69, 9.17) is 0 Å². The van der Waals surface area contributed by atoms with Gasteiger partial charge in [0.05, 0.1) is 6.04 Å². The fraction of sp³-hybridized carbons (Fsp3) is 0.385. The smallest absolute Gasteiger partial charge is 0.220 e. The van der Waals surface area contributed by atoms with Crippen LogP contribution in [0.25, 0.3) is 0 Å². The van der Waals surface area contributed by atoms with Crippen LogP contribution in [0.4, 0.5) is 0 Å². The first-order chi connectivity index (χ1) is 7.68. The van der Waals surface area contributed by atoms with E-state index in [0.29, 0.717) is 6.42 Å². The molecule has 1 atom stereocenters. The minimum Gasteiger partial charge on any atom is -0.346 e. The molecule has 0 spiro atoms. The Kier molecular flexibility index (Phi) is 3.04. The highest BCUT2D eigenvalue weighted by Crippen LogP contribution is 2.16. The van der Waals surface area contributed by atoms with E-state index in [-0.39, 0.29) is 17.7 Å². The van der Waals surface area contributed by atoms with Gasteiger partial charge in [-0.25, -0.2) is 0 Å². The van der Waals surface area contributed by atoms with Crippen molar-refractivity contribution in [1.82, 2.24) is 5.32 Å². The quantitative estimate of drug-likeness (QED) is 0.768. The molecule has 1 saturated heterocycles. The van der Waals surface area contributed by atoms with Crippen molar-refractivity contribution in [2.24, 2.45) is 0 Å². The summed E-state index contributed by atoms with van der Waals surface area (Å²) in [5.41, 5.74) is 1.68. The lowest BCUT2D eigenvalue weighted by atomic mass is 9.94. The van der Waals surface area contributed by atoms with Gasteiger partial charge in [0, 0.05) is 12.0 Å². The molecule has 1 fully saturated rings. The molecule has 84 valence electrons. The Morgan fingerprint density at radius 2 is 2.12 bits per heavy atom. The van der Waals surface area contributed by atoms with Crippen molar-refractivity contribution in [3.05, 3.63) is 35.4 Å². The van der Waals surface area contributed by atoms with Gasteiger partial charge in [0.2, 0.25) is 5.91 Å². The molecule has 1 aliphatic heterocycles. The monoisotopic (exact) mass is 217 g/mol. The molecule has 3 nitrogen and oxygen atoms in total. The van der Waals surface area contributed by atoms with E-state index in [9.17, 15) is 9.59 Å². The van der Waals surface area contributed by atoms with Gasteiger partial charge < -0.3 is 5.32 Å². The Morgan fingerprint density at radius 1 is 1.38 bits per heavy atom. The Bertz CT molecular complexity index is 426. The summed E-state index contributed by atoms with van der Waals surface area (Å²) in [5.74, 6) is 0.0179. The van der Waals surface area contributed by atoms with Crippen LogP contribution >= 0.6 is 0 Å². The molecular formula is C13H15NO2. The number of carbonyl (C=O) groups excluding carboxylic acids is 2. The van der Waals surface area contributed by atoms with Crippen molar-refractivity contribution in [1.29, 1.82) is 0 Å². The number of ketones is 1. The van der Waals surface area contributed by atoms with E-state index in [1.165, 1.54) is 0 Å². The number of nitrogens with one attached hydrogen (secondary N) is 1. The van der Waals surface area contributed by atoms with Gasteiger partial charge in [-0.15, -0.1) is 0 Å². The van der Waals surface area contributed by atoms with Gasteiger partial charge in [-0.3, -0.25) is 9.59 Å². The fourth-order valence-electron chi connectivity index (χ4n) is 2.04. The highest BCUT2D eigenvalue weighted by Gasteiger charge is 2.25. The summed E-state index contributed by atoms with van der Waals surface area (Å²) in [5, 5.41) is 2.75. The van der Waals surface area contributed by atoms with Crippen LogP contribution in [0.3, 0.4) is 0 Å². The predicted octanol–water partition coefficient (Wildman–Crippen LogP) is 1.85. The van der Waals surface area contributed by atoms with E-state index < -0.39 is 0 Å².